The van der Waals surface area contributed by atoms with Crippen molar-refractivity contribution in [3.63, 3.8) is 0 Å². The molecule has 0 aliphatic rings. The Kier molecular flexibility index (Phi) is 3.88. The molecule has 0 N–H and O–H groups in total. The number of Topliss-reactive ketones (excluding diaryl/α,β-unsaturated/α-hetero) is 1. The standard InChI is InChI=1S/C15H17FN2O2/c1-15(2,3)13(19)14(18-6-4-5-7-18)20-12-8-11(16)9-17-10-12/h4-10,14H,1-3H3. The Labute approximate surface area is 117 Å². The maximum Gasteiger partial charge on any atom is 0.235 e. The van der Waals surface area contributed by atoms with Gasteiger partial charge in [-0.1, -0.05) is 20.8 Å². The van der Waals surface area contributed by atoms with Gasteiger partial charge in [0.25, 0.3) is 0 Å². The highest BCUT2D eigenvalue weighted by molar-refractivity contribution is 5.86. The number of rotatable bonds is 4. The largest absolute Gasteiger partial charge is 0.461 e. The second-order valence-electron chi connectivity index (χ2n) is 5.55. The van der Waals surface area contributed by atoms with Gasteiger partial charge in [-0.05, 0) is 12.1 Å². The molecular weight excluding hydrogens is 259 g/mol. The van der Waals surface area contributed by atoms with Gasteiger partial charge in [-0.3, -0.25) is 9.78 Å². The molecule has 2 aromatic rings. The normalized spacial score (nSPS) is 13.0. The first-order valence-corrected chi connectivity index (χ1v) is 6.32. The van der Waals surface area contributed by atoms with E-state index in [9.17, 15) is 9.18 Å². The zero-order valence-corrected chi connectivity index (χ0v) is 11.7. The van der Waals surface area contributed by atoms with Crippen LogP contribution in [0.3, 0.4) is 0 Å². The molecule has 1 unspecified atom stereocenters. The molecular formula is C15H17FN2O2. The number of hydrogen-bond acceptors (Lipinski definition) is 3. The lowest BCUT2D eigenvalue weighted by Gasteiger charge is -2.26. The smallest absolute Gasteiger partial charge is 0.235 e. The van der Waals surface area contributed by atoms with E-state index in [4.69, 9.17) is 4.74 Å². The van der Waals surface area contributed by atoms with Gasteiger partial charge in [0.15, 0.2) is 5.78 Å². The third-order valence-electron chi connectivity index (χ3n) is 2.79. The summed E-state index contributed by atoms with van der Waals surface area (Å²) in [5.41, 5.74) is -0.574. The lowest BCUT2D eigenvalue weighted by atomic mass is 9.89. The summed E-state index contributed by atoms with van der Waals surface area (Å²) in [5, 5.41) is 0. The maximum atomic E-state index is 13.2. The van der Waals surface area contributed by atoms with Crippen molar-refractivity contribution >= 4 is 5.78 Å². The van der Waals surface area contributed by atoms with Crippen molar-refractivity contribution in [3.05, 3.63) is 48.8 Å². The Morgan fingerprint density at radius 3 is 2.50 bits per heavy atom. The van der Waals surface area contributed by atoms with E-state index in [2.05, 4.69) is 4.98 Å². The fourth-order valence-corrected chi connectivity index (χ4v) is 1.71. The van der Waals surface area contributed by atoms with Crippen molar-refractivity contribution in [1.29, 1.82) is 0 Å². The molecule has 0 radical (unpaired) electrons. The molecule has 0 aliphatic carbocycles. The van der Waals surface area contributed by atoms with Crippen LogP contribution in [0.2, 0.25) is 0 Å². The van der Waals surface area contributed by atoms with Crippen LogP contribution in [0.1, 0.15) is 27.0 Å². The predicted octanol–water partition coefficient (Wildman–Crippen LogP) is 3.22. The van der Waals surface area contributed by atoms with E-state index < -0.39 is 17.5 Å². The molecule has 0 aromatic carbocycles. The first-order chi connectivity index (χ1) is 9.38. The van der Waals surface area contributed by atoms with Crippen LogP contribution in [0.5, 0.6) is 5.75 Å². The first kappa shape index (κ1) is 14.2. The molecule has 0 bridgehead atoms. The average molecular weight is 276 g/mol. The molecule has 20 heavy (non-hydrogen) atoms. The monoisotopic (exact) mass is 276 g/mol. The van der Waals surface area contributed by atoms with Crippen molar-refractivity contribution in [1.82, 2.24) is 9.55 Å². The molecule has 0 amide bonds. The second-order valence-corrected chi connectivity index (χ2v) is 5.55. The quantitative estimate of drug-likeness (QED) is 0.861. The van der Waals surface area contributed by atoms with Gasteiger partial charge >= 0.3 is 0 Å². The zero-order chi connectivity index (χ0) is 14.8. The van der Waals surface area contributed by atoms with Gasteiger partial charge in [-0.2, -0.15) is 0 Å². The topological polar surface area (TPSA) is 44.1 Å². The van der Waals surface area contributed by atoms with Gasteiger partial charge in [-0.15, -0.1) is 0 Å². The minimum Gasteiger partial charge on any atom is -0.461 e. The number of aromatic nitrogens is 2. The Bertz CT molecular complexity index is 588. The molecule has 2 aromatic heterocycles. The molecule has 106 valence electrons. The zero-order valence-electron chi connectivity index (χ0n) is 11.7. The maximum absolute atomic E-state index is 13.2. The van der Waals surface area contributed by atoms with Crippen molar-refractivity contribution < 1.29 is 13.9 Å². The molecule has 4 nitrogen and oxygen atoms in total. The molecule has 5 heteroatoms. The van der Waals surface area contributed by atoms with E-state index in [0.29, 0.717) is 0 Å². The van der Waals surface area contributed by atoms with E-state index in [0.717, 1.165) is 6.20 Å². The fraction of sp³-hybridized carbons (Fsp3) is 0.333. The van der Waals surface area contributed by atoms with Gasteiger partial charge in [-0.25, -0.2) is 4.39 Å². The summed E-state index contributed by atoms with van der Waals surface area (Å²) in [5.74, 6) is -0.378. The highest BCUT2D eigenvalue weighted by Gasteiger charge is 2.32. The van der Waals surface area contributed by atoms with Crippen LogP contribution in [-0.4, -0.2) is 15.3 Å². The number of hydrogen-bond donors (Lipinski definition) is 0. The highest BCUT2D eigenvalue weighted by atomic mass is 19.1. The van der Waals surface area contributed by atoms with Crippen molar-refractivity contribution in [2.75, 3.05) is 0 Å². The molecule has 1 atom stereocenters. The summed E-state index contributed by atoms with van der Waals surface area (Å²) in [6.45, 7) is 5.46. The Morgan fingerprint density at radius 1 is 1.30 bits per heavy atom. The molecule has 0 fully saturated rings. The SMILES string of the molecule is CC(C)(C)C(=O)C(Oc1cncc(F)c1)n1cccc1. The number of ether oxygens (including phenoxy) is 1. The van der Waals surface area contributed by atoms with Crippen LogP contribution in [0.15, 0.2) is 43.0 Å². The number of carbonyl (C=O) groups is 1. The van der Waals surface area contributed by atoms with Gasteiger partial charge in [0.2, 0.25) is 6.23 Å². The number of ketones is 1. The average Bonchev–Trinajstić information content (AvgIpc) is 2.87. The molecule has 0 saturated carbocycles. The van der Waals surface area contributed by atoms with Crippen LogP contribution in [-0.2, 0) is 4.79 Å². The second kappa shape index (κ2) is 5.45. The number of pyridine rings is 1. The van der Waals surface area contributed by atoms with Crippen LogP contribution in [0.4, 0.5) is 4.39 Å². The summed E-state index contributed by atoms with van der Waals surface area (Å²) in [4.78, 5) is 16.2. The molecule has 2 heterocycles. The highest BCUT2D eigenvalue weighted by Crippen LogP contribution is 2.26. The van der Waals surface area contributed by atoms with Crippen LogP contribution >= 0.6 is 0 Å². The lowest BCUT2D eigenvalue weighted by Crippen LogP contribution is -2.33. The number of carbonyl (C=O) groups excluding carboxylic acids is 1. The summed E-state index contributed by atoms with van der Waals surface area (Å²) < 4.78 is 20.5. The molecule has 0 spiro atoms. The van der Waals surface area contributed by atoms with Gasteiger partial charge < -0.3 is 9.30 Å². The Morgan fingerprint density at radius 2 is 1.95 bits per heavy atom. The van der Waals surface area contributed by atoms with Gasteiger partial charge in [0.1, 0.15) is 11.6 Å². The third-order valence-corrected chi connectivity index (χ3v) is 2.79. The van der Waals surface area contributed by atoms with Gasteiger partial charge in [0, 0.05) is 23.9 Å². The predicted molar refractivity (Wildman–Crippen MR) is 72.8 cm³/mol. The Hall–Kier alpha value is -2.17. The minimum absolute atomic E-state index is 0.0991. The number of halogens is 1. The van der Waals surface area contributed by atoms with E-state index >= 15 is 0 Å². The summed E-state index contributed by atoms with van der Waals surface area (Å²) >= 11 is 0. The first-order valence-electron chi connectivity index (χ1n) is 6.32. The van der Waals surface area contributed by atoms with Crippen molar-refractivity contribution in [2.24, 2.45) is 5.41 Å². The van der Waals surface area contributed by atoms with Crippen LogP contribution < -0.4 is 4.74 Å². The third kappa shape index (κ3) is 3.23. The van der Waals surface area contributed by atoms with E-state index in [-0.39, 0.29) is 11.5 Å². The van der Waals surface area contributed by atoms with Gasteiger partial charge in [0.05, 0.1) is 12.4 Å². The van der Waals surface area contributed by atoms with Crippen LogP contribution in [0, 0.1) is 11.2 Å². The van der Waals surface area contributed by atoms with E-state index in [1.54, 1.807) is 29.1 Å². The summed E-state index contributed by atoms with van der Waals surface area (Å²) in [6, 6.07) is 4.81. The number of nitrogens with zero attached hydrogens (tertiary/aromatic N) is 2. The van der Waals surface area contributed by atoms with Crippen molar-refractivity contribution in [2.45, 2.75) is 27.0 Å². The lowest BCUT2D eigenvalue weighted by molar-refractivity contribution is -0.137. The molecule has 0 aliphatic heterocycles. The van der Waals surface area contributed by atoms with Crippen LogP contribution in [0.25, 0.3) is 0 Å². The molecule has 0 saturated heterocycles. The van der Waals surface area contributed by atoms with Crippen molar-refractivity contribution in [3.8, 4) is 5.75 Å². The van der Waals surface area contributed by atoms with E-state index in [1.807, 2.05) is 20.8 Å². The molecule has 2 rings (SSSR count). The minimum atomic E-state index is -0.839. The van der Waals surface area contributed by atoms with E-state index in [1.165, 1.54) is 12.3 Å². The summed E-state index contributed by atoms with van der Waals surface area (Å²) in [7, 11) is 0. The Balaban J connectivity index is 2.31. The summed E-state index contributed by atoms with van der Waals surface area (Å²) in [6.07, 6.45) is 5.11. The fourth-order valence-electron chi connectivity index (χ4n) is 1.71.